The van der Waals surface area contributed by atoms with Crippen LogP contribution in [0.25, 0.3) is 10.6 Å². The van der Waals surface area contributed by atoms with Gasteiger partial charge in [0.1, 0.15) is 5.01 Å². The van der Waals surface area contributed by atoms with Crippen LogP contribution in [0.15, 0.2) is 52.5 Å². The fourth-order valence-electron chi connectivity index (χ4n) is 2.21. The van der Waals surface area contributed by atoms with E-state index in [1.165, 1.54) is 16.2 Å². The molecule has 0 saturated heterocycles. The molecule has 5 nitrogen and oxygen atoms in total. The Hall–Kier alpha value is -2.51. The summed E-state index contributed by atoms with van der Waals surface area (Å²) in [6.07, 6.45) is -0.899. The number of hydrogen-bond acceptors (Lipinski definition) is 6. The highest BCUT2D eigenvalue weighted by molar-refractivity contribution is 7.14. The van der Waals surface area contributed by atoms with Crippen LogP contribution in [0.4, 0.5) is 5.69 Å². The molecule has 0 aliphatic rings. The Balaban J connectivity index is 1.65. The first kappa shape index (κ1) is 17.3. The quantitative estimate of drug-likeness (QED) is 0.633. The van der Waals surface area contributed by atoms with E-state index in [0.29, 0.717) is 0 Å². The second-order valence-corrected chi connectivity index (χ2v) is 6.97. The zero-order valence-corrected chi connectivity index (χ0v) is 15.3. The number of benzene rings is 1. The van der Waals surface area contributed by atoms with Crippen LogP contribution < -0.4 is 4.90 Å². The topological polar surface area (TPSA) is 59.5 Å². The lowest BCUT2D eigenvalue weighted by Crippen LogP contribution is -2.37. The highest BCUT2D eigenvalue weighted by Gasteiger charge is 2.24. The number of carbonyl (C=O) groups excluding carboxylic acids is 2. The van der Waals surface area contributed by atoms with Gasteiger partial charge in [0.05, 0.1) is 0 Å². The molecule has 1 amide bonds. The molecule has 7 heteroatoms. The molecule has 1 aromatic carbocycles. The molecular weight excluding hydrogens is 356 g/mol. The van der Waals surface area contributed by atoms with Crippen LogP contribution in [0.5, 0.6) is 0 Å². The molecule has 25 heavy (non-hydrogen) atoms. The number of anilines is 1. The Morgan fingerprint density at radius 2 is 1.92 bits per heavy atom. The molecule has 0 spiro atoms. The Labute approximate surface area is 153 Å². The summed E-state index contributed by atoms with van der Waals surface area (Å²) < 4.78 is 5.29. The molecule has 2 heterocycles. The number of thiophene rings is 1. The highest BCUT2D eigenvalue weighted by atomic mass is 32.1. The molecule has 0 radical (unpaired) electrons. The molecule has 0 N–H and O–H groups in total. The van der Waals surface area contributed by atoms with Crippen LogP contribution in [0.3, 0.4) is 0 Å². The van der Waals surface area contributed by atoms with Gasteiger partial charge in [0.15, 0.2) is 11.8 Å². The molecule has 0 fully saturated rings. The number of rotatable bonds is 5. The van der Waals surface area contributed by atoms with Crippen molar-refractivity contribution < 1.29 is 14.3 Å². The number of aromatic nitrogens is 1. The maximum atomic E-state index is 12.4. The Morgan fingerprint density at radius 1 is 1.16 bits per heavy atom. The number of hydrogen-bond donors (Lipinski definition) is 0. The Morgan fingerprint density at radius 3 is 2.60 bits per heavy atom. The number of likely N-dealkylation sites (N-methyl/N-ethyl adjacent to an activating group) is 1. The molecule has 3 aromatic rings. The summed E-state index contributed by atoms with van der Waals surface area (Å²) in [6.45, 7) is 1.56. The normalized spacial score (nSPS) is 11.8. The van der Waals surface area contributed by atoms with Crippen molar-refractivity contribution in [3.63, 3.8) is 0 Å². The lowest BCUT2D eigenvalue weighted by molar-refractivity contribution is -0.126. The van der Waals surface area contributed by atoms with Crippen LogP contribution in [0.2, 0.25) is 0 Å². The SMILES string of the molecule is C[C@H](OC(=O)c1csc(-c2ccsc2)n1)C(=O)N(C)c1ccccc1. The minimum absolute atomic E-state index is 0.216. The molecule has 0 saturated carbocycles. The van der Waals surface area contributed by atoms with Crippen LogP contribution in [0.1, 0.15) is 17.4 Å². The van der Waals surface area contributed by atoms with E-state index in [1.54, 1.807) is 30.7 Å². The predicted octanol–water partition coefficient (Wildman–Crippen LogP) is 4.08. The van der Waals surface area contributed by atoms with Crippen molar-refractivity contribution in [2.75, 3.05) is 11.9 Å². The number of ether oxygens (including phenoxy) is 1. The minimum Gasteiger partial charge on any atom is -0.448 e. The smallest absolute Gasteiger partial charge is 0.358 e. The third kappa shape index (κ3) is 3.94. The van der Waals surface area contributed by atoms with Gasteiger partial charge in [0.25, 0.3) is 5.91 Å². The van der Waals surface area contributed by atoms with E-state index in [-0.39, 0.29) is 11.6 Å². The van der Waals surface area contributed by atoms with Crippen molar-refractivity contribution in [3.05, 3.63) is 58.2 Å². The predicted molar refractivity (Wildman–Crippen MR) is 100 cm³/mol. The van der Waals surface area contributed by atoms with Gasteiger partial charge in [0.2, 0.25) is 0 Å². The van der Waals surface area contributed by atoms with Gasteiger partial charge in [-0.1, -0.05) is 18.2 Å². The van der Waals surface area contributed by atoms with Gasteiger partial charge in [-0.25, -0.2) is 9.78 Å². The van der Waals surface area contributed by atoms with Crippen LogP contribution in [-0.2, 0) is 9.53 Å². The minimum atomic E-state index is -0.899. The van der Waals surface area contributed by atoms with E-state index in [1.807, 2.05) is 47.2 Å². The fraction of sp³-hybridized carbons (Fsp3) is 0.167. The van der Waals surface area contributed by atoms with Crippen molar-refractivity contribution in [1.29, 1.82) is 0 Å². The van der Waals surface area contributed by atoms with Crippen molar-refractivity contribution in [2.24, 2.45) is 0 Å². The van der Waals surface area contributed by atoms with Gasteiger partial charge < -0.3 is 9.64 Å². The number of amides is 1. The van der Waals surface area contributed by atoms with Crippen molar-refractivity contribution >= 4 is 40.2 Å². The Kier molecular flexibility index (Phi) is 5.25. The second-order valence-electron chi connectivity index (χ2n) is 5.33. The number of thiazole rings is 1. The second kappa shape index (κ2) is 7.58. The summed E-state index contributed by atoms with van der Waals surface area (Å²) in [5, 5.41) is 6.32. The lowest BCUT2D eigenvalue weighted by atomic mass is 10.2. The van der Waals surface area contributed by atoms with Crippen molar-refractivity contribution in [3.8, 4) is 10.6 Å². The van der Waals surface area contributed by atoms with E-state index in [2.05, 4.69) is 4.98 Å². The molecule has 0 aliphatic carbocycles. The van der Waals surface area contributed by atoms with Crippen LogP contribution in [0, 0.1) is 0 Å². The van der Waals surface area contributed by atoms with E-state index in [9.17, 15) is 9.59 Å². The lowest BCUT2D eigenvalue weighted by Gasteiger charge is -2.21. The zero-order valence-electron chi connectivity index (χ0n) is 13.7. The summed E-state index contributed by atoms with van der Waals surface area (Å²) in [7, 11) is 1.65. The van der Waals surface area contributed by atoms with Crippen molar-refractivity contribution in [1.82, 2.24) is 4.98 Å². The molecule has 128 valence electrons. The molecule has 0 aliphatic heterocycles. The first-order valence-corrected chi connectivity index (χ1v) is 9.40. The van der Waals surface area contributed by atoms with Gasteiger partial charge in [0, 0.05) is 29.1 Å². The first-order valence-electron chi connectivity index (χ1n) is 7.58. The Bertz CT molecular complexity index is 860. The summed E-state index contributed by atoms with van der Waals surface area (Å²) in [5.74, 6) is -0.895. The maximum absolute atomic E-state index is 12.4. The third-order valence-corrected chi connectivity index (χ3v) is 5.16. The highest BCUT2D eigenvalue weighted by Crippen LogP contribution is 2.26. The molecule has 2 aromatic heterocycles. The summed E-state index contributed by atoms with van der Waals surface area (Å²) in [5.41, 5.74) is 1.93. The van der Waals surface area contributed by atoms with Gasteiger partial charge in [-0.15, -0.1) is 11.3 Å². The third-order valence-electron chi connectivity index (χ3n) is 3.59. The fourth-order valence-corrected chi connectivity index (χ4v) is 3.71. The number of para-hydroxylation sites is 1. The molecular formula is C18H16N2O3S2. The van der Waals surface area contributed by atoms with Gasteiger partial charge in [-0.3, -0.25) is 4.79 Å². The summed E-state index contributed by atoms with van der Waals surface area (Å²) >= 11 is 2.94. The van der Waals surface area contributed by atoms with Gasteiger partial charge >= 0.3 is 5.97 Å². The monoisotopic (exact) mass is 372 g/mol. The number of carbonyl (C=O) groups is 2. The molecule has 0 bridgehead atoms. The van der Waals surface area contributed by atoms with E-state index in [0.717, 1.165) is 16.3 Å². The first-order chi connectivity index (χ1) is 12.1. The average molecular weight is 372 g/mol. The largest absolute Gasteiger partial charge is 0.448 e. The average Bonchev–Trinajstić information content (AvgIpc) is 3.32. The molecule has 1 atom stereocenters. The molecule has 3 rings (SSSR count). The van der Waals surface area contributed by atoms with Gasteiger partial charge in [-0.2, -0.15) is 11.3 Å². The van der Waals surface area contributed by atoms with Crippen LogP contribution >= 0.6 is 22.7 Å². The van der Waals surface area contributed by atoms with Crippen LogP contribution in [-0.4, -0.2) is 30.0 Å². The maximum Gasteiger partial charge on any atom is 0.358 e. The summed E-state index contributed by atoms with van der Waals surface area (Å²) in [6, 6.07) is 11.1. The van der Waals surface area contributed by atoms with E-state index in [4.69, 9.17) is 4.74 Å². The van der Waals surface area contributed by atoms with Crippen molar-refractivity contribution in [2.45, 2.75) is 13.0 Å². The zero-order chi connectivity index (χ0) is 17.8. The summed E-state index contributed by atoms with van der Waals surface area (Å²) in [4.78, 5) is 30.5. The number of esters is 1. The van der Waals surface area contributed by atoms with E-state index < -0.39 is 12.1 Å². The standard InChI is InChI=1S/C18H16N2O3S2/c1-12(17(21)20(2)14-6-4-3-5-7-14)23-18(22)15-11-25-16(19-15)13-8-9-24-10-13/h3-12H,1-2H3/t12-/m0/s1. The van der Waals surface area contributed by atoms with Gasteiger partial charge in [-0.05, 0) is 30.5 Å². The molecule has 0 unspecified atom stereocenters. The number of nitrogens with zero attached hydrogens (tertiary/aromatic N) is 2. The van der Waals surface area contributed by atoms with E-state index >= 15 is 0 Å².